The maximum Gasteiger partial charge on any atom is 0.204 e. The van der Waals surface area contributed by atoms with Crippen molar-refractivity contribution in [3.63, 3.8) is 0 Å². The summed E-state index contributed by atoms with van der Waals surface area (Å²) in [5.74, 6) is 3.24. The zero-order valence-electron chi connectivity index (χ0n) is 46.8. The van der Waals surface area contributed by atoms with Gasteiger partial charge in [-0.25, -0.2) is 0 Å². The topological polar surface area (TPSA) is 153 Å². The normalized spacial score (nSPS) is 8.53. The molecule has 1 amide bonds. The van der Waals surface area contributed by atoms with E-state index < -0.39 is 0 Å². The number of aldehydes is 2. The highest BCUT2D eigenvalue weighted by atomic mass is 16.3. The Kier molecular flexibility index (Phi) is 354. The van der Waals surface area contributed by atoms with E-state index in [-0.39, 0.29) is 6.41 Å². The molecule has 0 aromatic heterocycles. The summed E-state index contributed by atoms with van der Waals surface area (Å²) in [4.78, 5) is 34.4. The number of nitrogens with two attached hydrogens (primary N) is 2. The molecule has 0 aliphatic heterocycles. The number of hydrogen-bond acceptors (Lipinski definition) is 7. The van der Waals surface area contributed by atoms with Gasteiger partial charge in [-0.1, -0.05) is 223 Å². The molecule has 8 nitrogen and oxygen atoms in total. The van der Waals surface area contributed by atoms with Crippen LogP contribution in [0.4, 0.5) is 0 Å². The number of nitrogens with one attached hydrogen (secondary N) is 1. The molecular formula is C52H127N3O5. The van der Waals surface area contributed by atoms with Crippen molar-refractivity contribution in [3.05, 3.63) is 25.8 Å². The Bertz CT molecular complexity index is 467. The molecule has 380 valence electrons. The molecule has 0 aliphatic carbocycles. The average molecular weight is 875 g/mol. The van der Waals surface area contributed by atoms with Crippen molar-refractivity contribution < 1.29 is 24.3 Å². The molecule has 3 unspecified atom stereocenters. The molecule has 0 fully saturated rings. The van der Waals surface area contributed by atoms with Gasteiger partial charge >= 0.3 is 0 Å². The molecule has 0 aromatic carbocycles. The smallest absolute Gasteiger partial charge is 0.204 e. The molecular weight excluding hydrogens is 747 g/mol. The number of allylic oxidation sites excluding steroid dienone is 1. The fraction of sp³-hybridized carbons (Fsp3) is 0.846. The molecule has 0 spiro atoms. The van der Waals surface area contributed by atoms with Crippen molar-refractivity contribution >= 4 is 25.8 Å². The van der Waals surface area contributed by atoms with Crippen LogP contribution in [0.5, 0.6) is 0 Å². The van der Waals surface area contributed by atoms with Crippen molar-refractivity contribution in [2.24, 2.45) is 35.1 Å². The van der Waals surface area contributed by atoms with E-state index in [4.69, 9.17) is 24.3 Å². The fourth-order valence-corrected chi connectivity index (χ4v) is 2.93. The standard InChI is InChI=1S/C12H27N.C6H14O.C6H14.C4H10.C3H4O.2C3H8.C2H4O.4C2H6.C2H4.CH3NO.CH5N.CH2O/c1-5-11(2)10-12(3)8-6-7-9-13-4;1-3-4-6(2)5-7;1-4-5-6(2)3;1-3-4-2;1-2-3-4;2*1-3-2;1-2-3;5*1-2;2-1-3;2*1-2/h11-13H,5-10H2,1-4H3;6-7H,3-5H2,1-2H3;6H,4-5H2,1-3H3;3-4H2,1-2H3;2-3H,1H2;2*3H2,1-2H3;2H,1H3;4*1-2H3;1-2H2;1H,(H2,2,3);2H2,1H3;1H2. The summed E-state index contributed by atoms with van der Waals surface area (Å²) < 4.78 is 0. The van der Waals surface area contributed by atoms with E-state index in [0.29, 0.717) is 18.8 Å². The lowest BCUT2D eigenvalue weighted by Gasteiger charge is -2.15. The number of carbonyl (C=O) groups excluding carboxylic acids is 4. The van der Waals surface area contributed by atoms with Crippen LogP contribution in [-0.4, -0.2) is 58.1 Å². The van der Waals surface area contributed by atoms with Crippen LogP contribution in [0.25, 0.3) is 0 Å². The predicted molar refractivity (Wildman–Crippen MR) is 287 cm³/mol. The maximum atomic E-state index is 9.06. The predicted octanol–water partition coefficient (Wildman–Crippen LogP) is 15.9. The second kappa shape index (κ2) is 199. The second-order valence-electron chi connectivity index (χ2n) is 11.9. The van der Waals surface area contributed by atoms with Gasteiger partial charge in [0.15, 0.2) is 0 Å². The Labute approximate surface area is 385 Å². The van der Waals surface area contributed by atoms with Crippen LogP contribution >= 0.6 is 0 Å². The number of carbonyl (C=O) groups is 4. The van der Waals surface area contributed by atoms with Crippen LogP contribution in [0.3, 0.4) is 0 Å². The summed E-state index contributed by atoms with van der Waals surface area (Å²) >= 11 is 0. The number of amides is 1. The number of hydrogen-bond donors (Lipinski definition) is 4. The first kappa shape index (κ1) is 107. The summed E-state index contributed by atoms with van der Waals surface area (Å²) in [7, 11) is 3.53. The van der Waals surface area contributed by atoms with Crippen molar-refractivity contribution in [2.75, 3.05) is 27.2 Å². The SMILES string of the molecule is C=C.C=CC=O.C=O.CC.CC.CC.CC.CC=O.CCC.CCC.CCC(C)CC(C)CCCCNC.CCCC.CCCC(C)C.CCCC(C)CO.CN.NC=O. The van der Waals surface area contributed by atoms with Gasteiger partial charge in [-0.3, -0.25) is 9.59 Å². The molecule has 8 heteroatoms. The van der Waals surface area contributed by atoms with E-state index in [1.165, 1.54) is 104 Å². The Morgan fingerprint density at radius 3 is 1.02 bits per heavy atom. The summed E-state index contributed by atoms with van der Waals surface area (Å²) in [6, 6.07) is 0. The van der Waals surface area contributed by atoms with Crippen molar-refractivity contribution in [1.29, 1.82) is 0 Å². The van der Waals surface area contributed by atoms with Crippen LogP contribution in [0, 0.1) is 23.7 Å². The first-order chi connectivity index (χ1) is 28.8. The van der Waals surface area contributed by atoms with Crippen molar-refractivity contribution in [2.45, 2.75) is 243 Å². The molecule has 0 aliphatic rings. The van der Waals surface area contributed by atoms with Gasteiger partial charge in [0.2, 0.25) is 6.41 Å². The Morgan fingerprint density at radius 1 is 0.600 bits per heavy atom. The van der Waals surface area contributed by atoms with Crippen molar-refractivity contribution in [3.8, 4) is 0 Å². The number of aliphatic hydroxyl groups is 1. The Morgan fingerprint density at radius 2 is 0.883 bits per heavy atom. The van der Waals surface area contributed by atoms with Gasteiger partial charge in [-0.05, 0) is 76.6 Å². The molecule has 3 atom stereocenters. The molecule has 0 saturated carbocycles. The summed E-state index contributed by atoms with van der Waals surface area (Å²) in [6.45, 7) is 60.9. The molecule has 6 N–H and O–H groups in total. The molecule has 60 heavy (non-hydrogen) atoms. The molecule has 0 bridgehead atoms. The quantitative estimate of drug-likeness (QED) is 0.0553. The van der Waals surface area contributed by atoms with Crippen LogP contribution in [-0.2, 0) is 19.2 Å². The molecule has 0 radical (unpaired) electrons. The van der Waals surface area contributed by atoms with E-state index in [2.05, 4.69) is 133 Å². The highest BCUT2D eigenvalue weighted by Crippen LogP contribution is 2.19. The average Bonchev–Trinajstić information content (AvgIpc) is 3.29. The van der Waals surface area contributed by atoms with Crippen LogP contribution in [0.15, 0.2) is 25.8 Å². The number of primary amides is 1. The summed E-state index contributed by atoms with van der Waals surface area (Å²) in [6.07, 6.45) is 19.9. The van der Waals surface area contributed by atoms with Gasteiger partial charge in [-0.2, -0.15) is 0 Å². The minimum atomic E-state index is 0.250. The van der Waals surface area contributed by atoms with E-state index >= 15 is 0 Å². The summed E-state index contributed by atoms with van der Waals surface area (Å²) in [5, 5.41) is 11.7. The zero-order chi connectivity index (χ0) is 52.5. The van der Waals surface area contributed by atoms with Gasteiger partial charge in [0, 0.05) is 6.61 Å². The van der Waals surface area contributed by atoms with E-state index in [9.17, 15) is 0 Å². The lowest BCUT2D eigenvalue weighted by Crippen LogP contribution is -2.08. The first-order valence-electron chi connectivity index (χ1n) is 24.0. The lowest BCUT2D eigenvalue weighted by atomic mass is 9.92. The van der Waals surface area contributed by atoms with E-state index in [0.717, 1.165) is 30.5 Å². The van der Waals surface area contributed by atoms with Crippen LogP contribution < -0.4 is 16.8 Å². The van der Waals surface area contributed by atoms with Crippen LogP contribution in [0.2, 0.25) is 0 Å². The molecule has 0 rings (SSSR count). The summed E-state index contributed by atoms with van der Waals surface area (Å²) in [5.41, 5.74) is 8.67. The second-order valence-corrected chi connectivity index (χ2v) is 11.9. The minimum absolute atomic E-state index is 0.250. The maximum absolute atomic E-state index is 9.06. The third kappa shape index (κ3) is 427. The van der Waals surface area contributed by atoms with E-state index in [1.54, 1.807) is 0 Å². The van der Waals surface area contributed by atoms with E-state index in [1.807, 2.05) is 69.2 Å². The molecule has 0 aromatic rings. The number of unbranched alkanes of at least 4 members (excludes halogenated alkanes) is 2. The Balaban J connectivity index is -0.0000000261. The van der Waals surface area contributed by atoms with Gasteiger partial charge in [-0.15, -0.1) is 13.2 Å². The van der Waals surface area contributed by atoms with Crippen molar-refractivity contribution in [1.82, 2.24) is 5.32 Å². The molecule has 0 saturated heterocycles. The largest absolute Gasteiger partial charge is 0.396 e. The fourth-order valence-electron chi connectivity index (χ4n) is 2.93. The highest BCUT2D eigenvalue weighted by molar-refractivity contribution is 5.63. The lowest BCUT2D eigenvalue weighted by molar-refractivity contribution is -0.107. The third-order valence-corrected chi connectivity index (χ3v) is 5.43. The minimum Gasteiger partial charge on any atom is -0.396 e. The van der Waals surface area contributed by atoms with Gasteiger partial charge in [0.1, 0.15) is 19.4 Å². The third-order valence-electron chi connectivity index (χ3n) is 5.43. The highest BCUT2D eigenvalue weighted by Gasteiger charge is 2.06. The monoisotopic (exact) mass is 874 g/mol. The Hall–Kier alpha value is -2.16. The number of aliphatic hydroxyl groups excluding tert-OH is 1. The first-order valence-corrected chi connectivity index (χ1v) is 24.0. The van der Waals surface area contributed by atoms with Gasteiger partial charge in [0.25, 0.3) is 0 Å². The van der Waals surface area contributed by atoms with Crippen LogP contribution in [0.1, 0.15) is 243 Å². The van der Waals surface area contributed by atoms with Gasteiger partial charge in [0.05, 0.1) is 0 Å². The number of rotatable bonds is 15. The zero-order valence-corrected chi connectivity index (χ0v) is 46.8. The van der Waals surface area contributed by atoms with Gasteiger partial charge < -0.3 is 31.5 Å². The molecule has 0 heterocycles.